The van der Waals surface area contributed by atoms with Gasteiger partial charge in [0.25, 0.3) is 0 Å². The summed E-state index contributed by atoms with van der Waals surface area (Å²) in [6.45, 7) is 12.3. The van der Waals surface area contributed by atoms with Crippen LogP contribution in [0.4, 0.5) is 4.79 Å². The first-order chi connectivity index (χ1) is 13.2. The highest BCUT2D eigenvalue weighted by atomic mass is 16.2. The molecule has 3 amide bonds. The number of guanidine groups is 1. The summed E-state index contributed by atoms with van der Waals surface area (Å²) in [5.74, 6) is -0.397. The van der Waals surface area contributed by atoms with Crippen molar-refractivity contribution < 1.29 is 9.59 Å². The van der Waals surface area contributed by atoms with Crippen LogP contribution in [0.2, 0.25) is 0 Å². The number of carbonyl (C=O) groups excluding carboxylic acids is 2. The monoisotopic (exact) mass is 382 g/mol. The fourth-order valence-electron chi connectivity index (χ4n) is 1.78. The third-order valence-electron chi connectivity index (χ3n) is 3.65. The second kappa shape index (κ2) is 12.6. The van der Waals surface area contributed by atoms with E-state index in [9.17, 15) is 9.59 Å². The van der Waals surface area contributed by atoms with Gasteiger partial charge in [0, 0.05) is 30.7 Å². The molecule has 0 bridgehead atoms. The molecule has 0 heterocycles. The third-order valence-corrected chi connectivity index (χ3v) is 3.65. The average Bonchev–Trinajstić information content (AvgIpc) is 2.69. The number of hydrogen-bond donors (Lipinski definition) is 2. The summed E-state index contributed by atoms with van der Waals surface area (Å²) in [4.78, 5) is 29.9. The zero-order valence-corrected chi connectivity index (χ0v) is 16.7. The Labute approximate surface area is 166 Å². The molecule has 0 atom stereocenters. The Hall–Kier alpha value is -3.73. The van der Waals surface area contributed by atoms with E-state index in [0.717, 1.165) is 10.5 Å². The van der Waals surface area contributed by atoms with Crippen LogP contribution in [0.1, 0.15) is 20.8 Å². The van der Waals surface area contributed by atoms with Crippen molar-refractivity contribution in [3.05, 3.63) is 60.0 Å². The van der Waals surface area contributed by atoms with Crippen molar-refractivity contribution in [3.8, 4) is 6.07 Å². The lowest BCUT2D eigenvalue weighted by Gasteiger charge is -2.23. The Bertz CT molecular complexity index is 796. The number of urea groups is 1. The van der Waals surface area contributed by atoms with Gasteiger partial charge in [0.15, 0.2) is 0 Å². The van der Waals surface area contributed by atoms with Crippen LogP contribution in [-0.2, 0) is 4.79 Å². The van der Waals surface area contributed by atoms with E-state index in [1.165, 1.54) is 30.4 Å². The molecule has 0 saturated heterocycles. The molecular formula is C20H26N6O2. The lowest BCUT2D eigenvalue weighted by Crippen LogP contribution is -2.47. The van der Waals surface area contributed by atoms with Crippen LogP contribution in [0.3, 0.4) is 0 Å². The number of carbonyl (C=O) groups is 2. The van der Waals surface area contributed by atoms with Crippen LogP contribution in [0.5, 0.6) is 0 Å². The summed E-state index contributed by atoms with van der Waals surface area (Å²) in [6.07, 6.45) is 8.07. The highest BCUT2D eigenvalue weighted by Crippen LogP contribution is 2.11. The molecule has 0 saturated carbocycles. The minimum absolute atomic E-state index is 0.00164. The molecule has 2 N–H and O–H groups in total. The van der Waals surface area contributed by atoms with Crippen LogP contribution in [-0.4, -0.2) is 48.0 Å². The Kier molecular flexibility index (Phi) is 10.9. The van der Waals surface area contributed by atoms with Gasteiger partial charge in [-0.05, 0) is 38.0 Å². The molecule has 0 aliphatic heterocycles. The first kappa shape index (κ1) is 24.3. The smallest absolute Gasteiger partial charge is 0.300 e. The topological polar surface area (TPSA) is 113 Å². The normalized spacial score (nSPS) is 12.5. The van der Waals surface area contributed by atoms with Gasteiger partial charge < -0.3 is 0 Å². The number of allylic oxidation sites excluding steroid dienone is 5. The molecule has 28 heavy (non-hydrogen) atoms. The Morgan fingerprint density at radius 2 is 1.96 bits per heavy atom. The number of nitriles is 1. The van der Waals surface area contributed by atoms with Crippen LogP contribution >= 0.6 is 0 Å². The van der Waals surface area contributed by atoms with Crippen molar-refractivity contribution in [2.45, 2.75) is 20.8 Å². The summed E-state index contributed by atoms with van der Waals surface area (Å²) in [5, 5.41) is 19.4. The highest BCUT2D eigenvalue weighted by molar-refractivity contribution is 5.99. The maximum absolute atomic E-state index is 12.3. The van der Waals surface area contributed by atoms with E-state index in [-0.39, 0.29) is 6.54 Å². The second-order valence-corrected chi connectivity index (χ2v) is 5.73. The number of nitrogens with zero attached hydrogens (tertiary/aromatic N) is 4. The van der Waals surface area contributed by atoms with Gasteiger partial charge in [-0.1, -0.05) is 25.3 Å². The number of amides is 3. The zero-order valence-electron chi connectivity index (χ0n) is 16.7. The molecule has 148 valence electrons. The Morgan fingerprint density at radius 3 is 2.46 bits per heavy atom. The highest BCUT2D eigenvalue weighted by Gasteiger charge is 2.17. The van der Waals surface area contributed by atoms with Crippen LogP contribution < -0.4 is 5.32 Å². The van der Waals surface area contributed by atoms with Gasteiger partial charge in [-0.15, -0.1) is 0 Å². The van der Waals surface area contributed by atoms with Crippen LogP contribution in [0, 0.1) is 16.7 Å². The van der Waals surface area contributed by atoms with Crippen molar-refractivity contribution in [2.24, 2.45) is 4.99 Å². The molecule has 0 spiro atoms. The fraction of sp³-hybridized carbons (Fsp3) is 0.250. The van der Waals surface area contributed by atoms with E-state index in [4.69, 9.17) is 10.7 Å². The van der Waals surface area contributed by atoms with Crippen molar-refractivity contribution in [2.75, 3.05) is 13.6 Å². The molecule has 0 aliphatic carbocycles. The molecular weight excluding hydrogens is 356 g/mol. The predicted molar refractivity (Wildman–Crippen MR) is 112 cm³/mol. The average molecular weight is 382 g/mol. The lowest BCUT2D eigenvalue weighted by atomic mass is 10.1. The molecule has 8 heteroatoms. The van der Waals surface area contributed by atoms with Crippen LogP contribution in [0.25, 0.3) is 0 Å². The quantitative estimate of drug-likeness (QED) is 0.221. The first-order valence-corrected chi connectivity index (χ1v) is 8.28. The maximum Gasteiger partial charge on any atom is 0.328 e. The SMILES string of the molecule is C=CC=N/C=C(\C)N(C)C(=O)NC(=N)N(C=O)CC(/C=C(\C)C#N)=C(\C)C=C. The van der Waals surface area contributed by atoms with E-state index in [2.05, 4.69) is 23.5 Å². The summed E-state index contributed by atoms with van der Waals surface area (Å²) < 4.78 is 0. The zero-order chi connectivity index (χ0) is 21.7. The second-order valence-electron chi connectivity index (χ2n) is 5.73. The number of aliphatic imine (C=N–C) groups is 1. The van der Waals surface area contributed by atoms with Gasteiger partial charge in [0.1, 0.15) is 0 Å². The van der Waals surface area contributed by atoms with Gasteiger partial charge in [-0.25, -0.2) is 4.79 Å². The van der Waals surface area contributed by atoms with Gasteiger partial charge in [-0.3, -0.25) is 30.3 Å². The molecule has 0 aromatic heterocycles. The van der Waals surface area contributed by atoms with Crippen LogP contribution in [0.15, 0.2) is 65.0 Å². The molecule has 0 aliphatic rings. The number of nitrogens with one attached hydrogen (secondary N) is 2. The number of rotatable bonds is 8. The van der Waals surface area contributed by atoms with Crippen molar-refractivity contribution in [1.29, 1.82) is 10.7 Å². The Balaban J connectivity index is 5.35. The van der Waals surface area contributed by atoms with Gasteiger partial charge in [0.05, 0.1) is 12.6 Å². The van der Waals surface area contributed by atoms with E-state index in [0.29, 0.717) is 23.3 Å². The minimum Gasteiger partial charge on any atom is -0.300 e. The number of hydrogen-bond acceptors (Lipinski definition) is 5. The molecule has 0 unspecified atom stereocenters. The van der Waals surface area contributed by atoms with E-state index in [1.54, 1.807) is 32.9 Å². The predicted octanol–water partition coefficient (Wildman–Crippen LogP) is 3.11. The summed E-state index contributed by atoms with van der Waals surface area (Å²) in [7, 11) is 1.51. The summed E-state index contributed by atoms with van der Waals surface area (Å²) >= 11 is 0. The summed E-state index contributed by atoms with van der Waals surface area (Å²) in [5.41, 5.74) is 2.34. The van der Waals surface area contributed by atoms with E-state index in [1.807, 2.05) is 6.07 Å². The van der Waals surface area contributed by atoms with Gasteiger partial charge in [0.2, 0.25) is 12.4 Å². The lowest BCUT2D eigenvalue weighted by molar-refractivity contribution is -0.114. The van der Waals surface area contributed by atoms with Gasteiger partial charge in [-0.2, -0.15) is 5.26 Å². The first-order valence-electron chi connectivity index (χ1n) is 8.28. The largest absolute Gasteiger partial charge is 0.328 e. The fourth-order valence-corrected chi connectivity index (χ4v) is 1.78. The van der Waals surface area contributed by atoms with Crippen molar-refractivity contribution >= 4 is 24.6 Å². The Morgan fingerprint density at radius 1 is 1.32 bits per heavy atom. The van der Waals surface area contributed by atoms with Crippen molar-refractivity contribution in [3.63, 3.8) is 0 Å². The molecule has 0 aromatic rings. The molecule has 0 radical (unpaired) electrons. The van der Waals surface area contributed by atoms with Gasteiger partial charge >= 0.3 is 6.03 Å². The molecule has 8 nitrogen and oxygen atoms in total. The van der Waals surface area contributed by atoms with E-state index >= 15 is 0 Å². The minimum atomic E-state index is -0.603. The third kappa shape index (κ3) is 8.10. The standard InChI is InChI=1S/C20H26N6O2/c1-7-9-23-12-17(5)25(6)20(28)24-19(22)26(14-27)13-18(16(4)8-2)10-15(3)11-21/h7-10,12,14H,1-2,13H2,3-6H3,(H2,22,24,28)/b15-10+,17-12+,18-16+,23-9?. The van der Waals surface area contributed by atoms with Crippen molar-refractivity contribution in [1.82, 2.24) is 15.1 Å². The van der Waals surface area contributed by atoms with E-state index < -0.39 is 12.0 Å². The molecule has 0 rings (SSSR count). The molecule has 0 aromatic carbocycles. The molecule has 0 fully saturated rings. The summed E-state index contributed by atoms with van der Waals surface area (Å²) in [6, 6.07) is 1.40. The maximum atomic E-state index is 12.3.